The number of carbonyl (C=O) groups excluding carboxylic acids is 1. The van der Waals surface area contributed by atoms with E-state index in [1.165, 1.54) is 18.2 Å². The number of hydrogen-bond donors (Lipinski definition) is 2. The fourth-order valence-corrected chi connectivity index (χ4v) is 1.48. The molecule has 0 aromatic heterocycles. The van der Waals surface area contributed by atoms with Crippen LogP contribution in [0.2, 0.25) is 0 Å². The van der Waals surface area contributed by atoms with E-state index in [4.69, 9.17) is 10.00 Å². The quantitative estimate of drug-likeness (QED) is 0.421. The number of benzene rings is 1. The molecular weight excluding hydrogens is 264 g/mol. The van der Waals surface area contributed by atoms with Crippen LogP contribution in [0.15, 0.2) is 18.2 Å². The van der Waals surface area contributed by atoms with Gasteiger partial charge in [0.1, 0.15) is 12.3 Å². The molecule has 0 aliphatic heterocycles. The van der Waals surface area contributed by atoms with Crippen LogP contribution in [0.1, 0.15) is 5.56 Å². The lowest BCUT2D eigenvalue weighted by Gasteiger charge is -2.10. The summed E-state index contributed by atoms with van der Waals surface area (Å²) in [6.07, 6.45) is 0. The Morgan fingerprint density at radius 1 is 1.55 bits per heavy atom. The highest BCUT2D eigenvalue weighted by atomic mass is 16.6. The fourth-order valence-electron chi connectivity index (χ4n) is 1.48. The lowest BCUT2D eigenvalue weighted by molar-refractivity contribution is -0.384. The molecule has 0 fully saturated rings. The highest BCUT2D eigenvalue weighted by Gasteiger charge is 2.12. The number of nitrogens with one attached hydrogen (secondary N) is 2. The van der Waals surface area contributed by atoms with Gasteiger partial charge in [-0.05, 0) is 13.1 Å². The van der Waals surface area contributed by atoms with Gasteiger partial charge in [0, 0.05) is 24.2 Å². The third-order valence-electron chi connectivity index (χ3n) is 2.35. The van der Waals surface area contributed by atoms with Crippen LogP contribution in [0.25, 0.3) is 0 Å². The summed E-state index contributed by atoms with van der Waals surface area (Å²) in [5.41, 5.74) is 0.534. The fraction of sp³-hybridized carbons (Fsp3) is 0.333. The SMILES string of the molecule is CNCc1cc([N+](=O)[O-])ccc1OCC(=O)NCC#N. The molecule has 0 heterocycles. The van der Waals surface area contributed by atoms with Gasteiger partial charge in [-0.15, -0.1) is 0 Å². The second-order valence-electron chi connectivity index (χ2n) is 3.80. The first-order chi connectivity index (χ1) is 9.58. The first-order valence-corrected chi connectivity index (χ1v) is 5.77. The predicted molar refractivity (Wildman–Crippen MR) is 70.0 cm³/mol. The molecule has 1 rings (SSSR count). The van der Waals surface area contributed by atoms with Gasteiger partial charge in [-0.1, -0.05) is 0 Å². The molecule has 8 nitrogen and oxygen atoms in total. The molecule has 0 aliphatic carbocycles. The molecule has 1 aromatic carbocycles. The van der Waals surface area contributed by atoms with Crippen LogP contribution in [0.4, 0.5) is 5.69 Å². The van der Waals surface area contributed by atoms with E-state index in [0.29, 0.717) is 17.9 Å². The van der Waals surface area contributed by atoms with Gasteiger partial charge in [-0.25, -0.2) is 0 Å². The van der Waals surface area contributed by atoms with Crippen molar-refractivity contribution in [2.75, 3.05) is 20.2 Å². The predicted octanol–water partition coefficient (Wildman–Crippen LogP) is 0.333. The van der Waals surface area contributed by atoms with E-state index in [0.717, 1.165) is 0 Å². The summed E-state index contributed by atoms with van der Waals surface area (Å²) in [5.74, 6) is -0.0441. The van der Waals surface area contributed by atoms with Crippen LogP contribution in [0, 0.1) is 21.4 Å². The van der Waals surface area contributed by atoms with Crippen LogP contribution < -0.4 is 15.4 Å². The molecule has 0 radical (unpaired) electrons. The number of nitrogens with zero attached hydrogens (tertiary/aromatic N) is 2. The molecule has 0 saturated carbocycles. The zero-order chi connectivity index (χ0) is 15.0. The summed E-state index contributed by atoms with van der Waals surface area (Å²) in [6.45, 7) is 0.0266. The Bertz CT molecular complexity index is 539. The molecule has 0 bridgehead atoms. The number of nitro groups is 1. The first kappa shape index (κ1) is 15.4. The van der Waals surface area contributed by atoms with Crippen molar-refractivity contribution in [3.05, 3.63) is 33.9 Å². The van der Waals surface area contributed by atoms with Gasteiger partial charge in [0.25, 0.3) is 11.6 Å². The normalized spacial score (nSPS) is 9.60. The standard InChI is InChI=1S/C12H14N4O4/c1-14-7-9-6-10(16(18)19)2-3-11(9)20-8-12(17)15-5-4-13/h2-3,6,14H,5,7-8H2,1H3,(H,15,17). The molecule has 8 heteroatoms. The summed E-state index contributed by atoms with van der Waals surface area (Å²) in [5, 5.41) is 24.2. The van der Waals surface area contributed by atoms with Crippen molar-refractivity contribution >= 4 is 11.6 Å². The topological polar surface area (TPSA) is 117 Å². The van der Waals surface area contributed by atoms with Gasteiger partial charge < -0.3 is 15.4 Å². The van der Waals surface area contributed by atoms with Gasteiger partial charge in [-0.3, -0.25) is 14.9 Å². The summed E-state index contributed by atoms with van der Waals surface area (Å²) in [7, 11) is 1.70. The van der Waals surface area contributed by atoms with Crippen molar-refractivity contribution < 1.29 is 14.5 Å². The van der Waals surface area contributed by atoms with E-state index in [1.807, 2.05) is 0 Å². The smallest absolute Gasteiger partial charge is 0.270 e. The minimum atomic E-state index is -0.497. The molecule has 0 saturated heterocycles. The second kappa shape index (κ2) is 7.70. The van der Waals surface area contributed by atoms with Crippen LogP contribution in [0.3, 0.4) is 0 Å². The number of hydrogen-bond acceptors (Lipinski definition) is 6. The van der Waals surface area contributed by atoms with E-state index in [9.17, 15) is 14.9 Å². The monoisotopic (exact) mass is 278 g/mol. The second-order valence-corrected chi connectivity index (χ2v) is 3.80. The molecule has 2 N–H and O–H groups in total. The number of nitriles is 1. The van der Waals surface area contributed by atoms with Crippen molar-refractivity contribution in [3.8, 4) is 11.8 Å². The molecule has 1 amide bonds. The average molecular weight is 278 g/mol. The van der Waals surface area contributed by atoms with E-state index >= 15 is 0 Å². The van der Waals surface area contributed by atoms with E-state index in [1.54, 1.807) is 13.1 Å². The number of ether oxygens (including phenoxy) is 1. The minimum Gasteiger partial charge on any atom is -0.483 e. The Hall–Kier alpha value is -2.66. The largest absolute Gasteiger partial charge is 0.483 e. The van der Waals surface area contributed by atoms with E-state index < -0.39 is 10.8 Å². The summed E-state index contributed by atoms with van der Waals surface area (Å²) < 4.78 is 5.30. The van der Waals surface area contributed by atoms with Crippen molar-refractivity contribution in [2.24, 2.45) is 0 Å². The highest BCUT2D eigenvalue weighted by Crippen LogP contribution is 2.24. The summed E-state index contributed by atoms with van der Waals surface area (Å²) >= 11 is 0. The average Bonchev–Trinajstić information content (AvgIpc) is 2.43. The lowest BCUT2D eigenvalue weighted by atomic mass is 10.2. The molecular formula is C12H14N4O4. The maximum absolute atomic E-state index is 11.3. The molecule has 20 heavy (non-hydrogen) atoms. The van der Waals surface area contributed by atoms with Gasteiger partial charge in [0.05, 0.1) is 11.0 Å². The Balaban J connectivity index is 2.76. The number of non-ortho nitro benzene ring substituents is 1. The first-order valence-electron chi connectivity index (χ1n) is 5.77. The van der Waals surface area contributed by atoms with E-state index in [2.05, 4.69) is 10.6 Å². The third kappa shape index (κ3) is 4.55. The minimum absolute atomic E-state index is 0.0449. The molecule has 0 atom stereocenters. The molecule has 0 aliphatic rings. The Morgan fingerprint density at radius 3 is 2.90 bits per heavy atom. The number of nitro benzene ring substituents is 1. The maximum Gasteiger partial charge on any atom is 0.270 e. The van der Waals surface area contributed by atoms with Gasteiger partial charge in [-0.2, -0.15) is 5.26 Å². The molecule has 0 spiro atoms. The van der Waals surface area contributed by atoms with Crippen LogP contribution in [0.5, 0.6) is 5.75 Å². The summed E-state index contributed by atoms with van der Waals surface area (Å²) in [4.78, 5) is 21.5. The van der Waals surface area contributed by atoms with Gasteiger partial charge in [0.15, 0.2) is 6.61 Å². The van der Waals surface area contributed by atoms with E-state index in [-0.39, 0.29) is 18.8 Å². The number of carbonyl (C=O) groups is 1. The molecule has 1 aromatic rings. The van der Waals surface area contributed by atoms with Crippen molar-refractivity contribution in [1.29, 1.82) is 5.26 Å². The lowest BCUT2D eigenvalue weighted by Crippen LogP contribution is -2.29. The molecule has 0 unspecified atom stereocenters. The van der Waals surface area contributed by atoms with Crippen molar-refractivity contribution in [2.45, 2.75) is 6.54 Å². The van der Waals surface area contributed by atoms with Crippen LogP contribution in [-0.4, -0.2) is 31.0 Å². The van der Waals surface area contributed by atoms with Gasteiger partial charge >= 0.3 is 0 Å². The third-order valence-corrected chi connectivity index (χ3v) is 2.35. The Labute approximate surface area is 115 Å². The number of amides is 1. The van der Waals surface area contributed by atoms with Crippen molar-refractivity contribution in [1.82, 2.24) is 10.6 Å². The number of rotatable bonds is 7. The highest BCUT2D eigenvalue weighted by molar-refractivity contribution is 5.77. The Morgan fingerprint density at radius 2 is 2.30 bits per heavy atom. The van der Waals surface area contributed by atoms with Crippen LogP contribution in [-0.2, 0) is 11.3 Å². The maximum atomic E-state index is 11.3. The molecule has 106 valence electrons. The van der Waals surface area contributed by atoms with Crippen LogP contribution >= 0.6 is 0 Å². The summed E-state index contributed by atoms with van der Waals surface area (Å²) in [6, 6.07) is 5.92. The van der Waals surface area contributed by atoms with Crippen molar-refractivity contribution in [3.63, 3.8) is 0 Å². The Kier molecular flexibility index (Phi) is 5.93. The zero-order valence-corrected chi connectivity index (χ0v) is 10.9. The van der Waals surface area contributed by atoms with Gasteiger partial charge in [0.2, 0.25) is 0 Å². The zero-order valence-electron chi connectivity index (χ0n) is 10.9.